The zero-order valence-electron chi connectivity index (χ0n) is 19.6. The number of hydrogen-bond donors (Lipinski definition) is 2. The highest BCUT2D eigenvalue weighted by atomic mass is 16.5. The number of rotatable bonds is 6. The van der Waals surface area contributed by atoms with E-state index in [4.69, 9.17) is 14.7 Å². The Labute approximate surface area is 198 Å². The second kappa shape index (κ2) is 9.13. The number of aromatic amines is 1. The smallest absolute Gasteiger partial charge is 0.260 e. The Hall–Kier alpha value is -3.94. The first-order valence-corrected chi connectivity index (χ1v) is 11.5. The molecule has 4 heterocycles. The molecule has 0 unspecified atom stereocenters. The molecule has 2 N–H and O–H groups in total. The first kappa shape index (κ1) is 21.9. The Kier molecular flexibility index (Phi) is 5.88. The highest BCUT2D eigenvalue weighted by molar-refractivity contribution is 5.84. The molecule has 1 aliphatic rings. The van der Waals surface area contributed by atoms with E-state index in [9.17, 15) is 4.79 Å². The summed E-state index contributed by atoms with van der Waals surface area (Å²) in [4.78, 5) is 32.1. The molecule has 8 nitrogen and oxygen atoms in total. The van der Waals surface area contributed by atoms with Gasteiger partial charge in [0.2, 0.25) is 5.95 Å². The third-order valence-corrected chi connectivity index (χ3v) is 6.18. The fourth-order valence-corrected chi connectivity index (χ4v) is 4.37. The molecule has 0 amide bonds. The molecule has 5 rings (SSSR count). The largest absolute Gasteiger partial charge is 0.497 e. The molecule has 0 saturated carbocycles. The van der Waals surface area contributed by atoms with Crippen molar-refractivity contribution in [2.24, 2.45) is 0 Å². The van der Waals surface area contributed by atoms with Crippen LogP contribution in [0.3, 0.4) is 0 Å². The number of pyridine rings is 2. The van der Waals surface area contributed by atoms with Crippen LogP contribution in [0.25, 0.3) is 10.9 Å². The highest BCUT2D eigenvalue weighted by Crippen LogP contribution is 2.29. The van der Waals surface area contributed by atoms with Crippen LogP contribution in [0.2, 0.25) is 0 Å². The zero-order chi connectivity index (χ0) is 23.7. The lowest BCUT2D eigenvalue weighted by molar-refractivity contribution is 0.414. The number of hydrogen-bond acceptors (Lipinski definition) is 7. The summed E-state index contributed by atoms with van der Waals surface area (Å²) in [5.74, 6) is 2.30. The fourth-order valence-electron chi connectivity index (χ4n) is 4.37. The van der Waals surface area contributed by atoms with Crippen LogP contribution in [-0.2, 0) is 19.5 Å². The Morgan fingerprint density at radius 3 is 2.82 bits per heavy atom. The number of anilines is 2. The van der Waals surface area contributed by atoms with Gasteiger partial charge in [-0.2, -0.15) is 0 Å². The van der Waals surface area contributed by atoms with Crippen LogP contribution in [0.15, 0.2) is 53.5 Å². The quantitative estimate of drug-likeness (QED) is 0.452. The van der Waals surface area contributed by atoms with Gasteiger partial charge in [-0.15, -0.1) is 0 Å². The molecule has 0 radical (unpaired) electrons. The van der Waals surface area contributed by atoms with Crippen LogP contribution in [-0.4, -0.2) is 33.6 Å². The van der Waals surface area contributed by atoms with Crippen LogP contribution in [0.4, 0.5) is 11.8 Å². The first-order valence-electron chi connectivity index (χ1n) is 11.5. The molecular formula is C26H28N6O2. The van der Waals surface area contributed by atoms with Gasteiger partial charge in [0.1, 0.15) is 11.6 Å². The fraction of sp³-hybridized carbons (Fsp3) is 0.308. The number of methoxy groups -OCH3 is 1. The van der Waals surface area contributed by atoms with E-state index in [1.165, 1.54) is 0 Å². The van der Waals surface area contributed by atoms with Crippen LogP contribution >= 0.6 is 0 Å². The minimum absolute atomic E-state index is 0.121. The van der Waals surface area contributed by atoms with E-state index in [-0.39, 0.29) is 11.5 Å². The molecule has 0 fully saturated rings. The number of nitrogens with one attached hydrogen (secondary N) is 2. The molecule has 0 aliphatic carbocycles. The second-order valence-corrected chi connectivity index (χ2v) is 8.80. The molecule has 3 aromatic heterocycles. The van der Waals surface area contributed by atoms with Crippen LogP contribution in [0.5, 0.6) is 5.75 Å². The van der Waals surface area contributed by atoms with Crippen LogP contribution in [0.1, 0.15) is 42.3 Å². The SMILES string of the molecule is COc1cc(C(C)C)c2c(=O)[nH]c(N3CCc4nc(NCc5ccccn5)ccc4C3)nc2c1. The van der Waals surface area contributed by atoms with Gasteiger partial charge in [-0.05, 0) is 41.3 Å². The topological polar surface area (TPSA) is 96.0 Å². The first-order chi connectivity index (χ1) is 16.5. The molecule has 4 aromatic rings. The van der Waals surface area contributed by atoms with Crippen molar-refractivity contribution in [3.8, 4) is 5.75 Å². The third-order valence-electron chi connectivity index (χ3n) is 6.18. The molecule has 1 aromatic carbocycles. The average molecular weight is 457 g/mol. The maximum atomic E-state index is 13.1. The van der Waals surface area contributed by atoms with Gasteiger partial charge in [-0.3, -0.25) is 14.8 Å². The molecular weight excluding hydrogens is 428 g/mol. The normalized spacial score (nSPS) is 13.2. The standard InChI is InChI=1S/C26H28N6O2/c1-16(2)20-12-19(34-3)13-22-24(20)25(33)31-26(30-22)32-11-9-21-17(15-32)7-8-23(29-21)28-14-18-6-4-5-10-27-18/h4-8,10,12-13,16H,9,11,14-15H2,1-3H3,(H,28,29)(H,30,31,33). The van der Waals surface area contributed by atoms with Gasteiger partial charge >= 0.3 is 0 Å². The summed E-state index contributed by atoms with van der Waals surface area (Å²) in [6.45, 7) is 6.12. The van der Waals surface area contributed by atoms with Gasteiger partial charge in [-0.25, -0.2) is 9.97 Å². The Bertz CT molecular complexity index is 1380. The minimum atomic E-state index is -0.121. The van der Waals surface area contributed by atoms with Crippen molar-refractivity contribution in [2.45, 2.75) is 39.3 Å². The van der Waals surface area contributed by atoms with E-state index >= 15 is 0 Å². The number of H-pyrrole nitrogens is 1. The molecule has 0 saturated heterocycles. The van der Waals surface area contributed by atoms with Crippen molar-refractivity contribution in [1.29, 1.82) is 0 Å². The molecule has 0 spiro atoms. The Morgan fingerprint density at radius 2 is 2.06 bits per heavy atom. The van der Waals surface area contributed by atoms with E-state index in [2.05, 4.69) is 40.1 Å². The number of nitrogens with zero attached hydrogens (tertiary/aromatic N) is 4. The molecule has 174 valence electrons. The highest BCUT2D eigenvalue weighted by Gasteiger charge is 2.21. The zero-order valence-corrected chi connectivity index (χ0v) is 19.6. The van der Waals surface area contributed by atoms with Crippen molar-refractivity contribution in [2.75, 3.05) is 23.9 Å². The van der Waals surface area contributed by atoms with Crippen molar-refractivity contribution in [3.63, 3.8) is 0 Å². The number of ether oxygens (including phenoxy) is 1. The van der Waals surface area contributed by atoms with E-state index in [0.29, 0.717) is 35.7 Å². The summed E-state index contributed by atoms with van der Waals surface area (Å²) in [5, 5.41) is 3.97. The van der Waals surface area contributed by atoms with E-state index < -0.39 is 0 Å². The van der Waals surface area contributed by atoms with Gasteiger partial charge in [0, 0.05) is 37.5 Å². The van der Waals surface area contributed by atoms with Crippen molar-refractivity contribution >= 4 is 22.7 Å². The van der Waals surface area contributed by atoms with Gasteiger partial charge in [0.25, 0.3) is 5.56 Å². The lowest BCUT2D eigenvalue weighted by Gasteiger charge is -2.29. The van der Waals surface area contributed by atoms with E-state index in [1.54, 1.807) is 13.3 Å². The summed E-state index contributed by atoms with van der Waals surface area (Å²) in [6.07, 6.45) is 2.56. The van der Waals surface area contributed by atoms with Gasteiger partial charge < -0.3 is 15.0 Å². The third kappa shape index (κ3) is 4.31. The van der Waals surface area contributed by atoms with Gasteiger partial charge in [0.15, 0.2) is 0 Å². The number of fused-ring (bicyclic) bond motifs is 2. The van der Waals surface area contributed by atoms with Crippen molar-refractivity contribution < 1.29 is 4.74 Å². The predicted molar refractivity (Wildman–Crippen MR) is 134 cm³/mol. The summed E-state index contributed by atoms with van der Waals surface area (Å²) in [5.41, 5.74) is 4.63. The molecule has 8 heteroatoms. The van der Waals surface area contributed by atoms with Crippen molar-refractivity contribution in [3.05, 3.63) is 81.5 Å². The maximum Gasteiger partial charge on any atom is 0.260 e. The number of benzene rings is 1. The average Bonchev–Trinajstić information content (AvgIpc) is 2.86. The molecule has 0 atom stereocenters. The van der Waals surface area contributed by atoms with E-state index in [0.717, 1.165) is 41.3 Å². The number of aromatic nitrogens is 4. The van der Waals surface area contributed by atoms with Crippen LogP contribution in [0, 0.1) is 0 Å². The van der Waals surface area contributed by atoms with E-state index in [1.807, 2.05) is 36.4 Å². The molecule has 34 heavy (non-hydrogen) atoms. The molecule has 1 aliphatic heterocycles. The lowest BCUT2D eigenvalue weighted by Crippen LogP contribution is -2.33. The van der Waals surface area contributed by atoms with Crippen molar-refractivity contribution in [1.82, 2.24) is 19.9 Å². The summed E-state index contributed by atoms with van der Waals surface area (Å²) >= 11 is 0. The predicted octanol–water partition coefficient (Wildman–Crippen LogP) is 4.02. The summed E-state index contributed by atoms with van der Waals surface area (Å²) in [7, 11) is 1.63. The van der Waals surface area contributed by atoms with Crippen LogP contribution < -0.4 is 20.5 Å². The second-order valence-electron chi connectivity index (χ2n) is 8.80. The minimum Gasteiger partial charge on any atom is -0.497 e. The Morgan fingerprint density at radius 1 is 1.18 bits per heavy atom. The Balaban J connectivity index is 1.39. The summed E-state index contributed by atoms with van der Waals surface area (Å²) < 4.78 is 5.46. The van der Waals surface area contributed by atoms with Gasteiger partial charge in [-0.1, -0.05) is 26.0 Å². The summed E-state index contributed by atoms with van der Waals surface area (Å²) in [6, 6.07) is 13.7. The lowest BCUT2D eigenvalue weighted by atomic mass is 9.98. The van der Waals surface area contributed by atoms with Gasteiger partial charge in [0.05, 0.1) is 30.3 Å². The monoisotopic (exact) mass is 456 g/mol. The molecule has 0 bridgehead atoms. The maximum absolute atomic E-state index is 13.1.